The third-order valence-electron chi connectivity index (χ3n) is 3.01. The summed E-state index contributed by atoms with van der Waals surface area (Å²) in [5.41, 5.74) is 0.257. The highest BCUT2D eigenvalue weighted by Crippen LogP contribution is 2.32. The maximum Gasteiger partial charge on any atom is 0.341 e. The summed E-state index contributed by atoms with van der Waals surface area (Å²) in [7, 11) is 0. The van der Waals surface area contributed by atoms with Crippen molar-refractivity contribution in [3.8, 4) is 0 Å². The highest BCUT2D eigenvalue weighted by molar-refractivity contribution is 6.46. The average Bonchev–Trinajstić information content (AvgIpc) is 2.50. The molecule has 2 aromatic rings. The summed E-state index contributed by atoms with van der Waals surface area (Å²) in [6, 6.07) is 9.24. The van der Waals surface area contributed by atoms with E-state index in [1.165, 1.54) is 25.1 Å². The van der Waals surface area contributed by atoms with Gasteiger partial charge >= 0.3 is 5.97 Å². The Morgan fingerprint density at radius 1 is 1.00 bits per heavy atom. The van der Waals surface area contributed by atoms with Crippen LogP contribution in [-0.4, -0.2) is 17.9 Å². The molecular formula is C16H10Cl4O3. The Bertz CT molecular complexity index is 774. The fourth-order valence-electron chi connectivity index (χ4n) is 1.86. The summed E-state index contributed by atoms with van der Waals surface area (Å²) >= 11 is 23.6. The van der Waals surface area contributed by atoms with Crippen LogP contribution in [0, 0.1) is 0 Å². The van der Waals surface area contributed by atoms with Crippen LogP contribution in [0.5, 0.6) is 0 Å². The second-order valence-electron chi connectivity index (χ2n) is 4.64. The van der Waals surface area contributed by atoms with E-state index in [-0.39, 0.29) is 20.6 Å². The first-order chi connectivity index (χ1) is 10.8. The van der Waals surface area contributed by atoms with Crippen LogP contribution < -0.4 is 0 Å². The van der Waals surface area contributed by atoms with Gasteiger partial charge in [0.05, 0.1) is 20.6 Å². The molecule has 23 heavy (non-hydrogen) atoms. The summed E-state index contributed by atoms with van der Waals surface area (Å²) in [6.07, 6.45) is -1.04. The van der Waals surface area contributed by atoms with Gasteiger partial charge in [-0.2, -0.15) is 0 Å². The fourth-order valence-corrected chi connectivity index (χ4v) is 2.74. The lowest BCUT2D eigenvalue weighted by molar-refractivity contribution is 0.0319. The van der Waals surface area contributed by atoms with Gasteiger partial charge in [0.1, 0.15) is 0 Å². The summed E-state index contributed by atoms with van der Waals surface area (Å²) in [4.78, 5) is 24.5. The average molecular weight is 392 g/mol. The molecule has 0 amide bonds. The van der Waals surface area contributed by atoms with Crippen molar-refractivity contribution in [3.63, 3.8) is 0 Å². The van der Waals surface area contributed by atoms with E-state index in [1.807, 2.05) is 0 Å². The van der Waals surface area contributed by atoms with Gasteiger partial charge in [-0.25, -0.2) is 4.79 Å². The van der Waals surface area contributed by atoms with E-state index < -0.39 is 17.9 Å². The number of halogens is 4. The first kappa shape index (κ1) is 18.1. The van der Waals surface area contributed by atoms with E-state index in [4.69, 9.17) is 51.1 Å². The lowest BCUT2D eigenvalue weighted by Crippen LogP contribution is -2.24. The Labute approximate surface area is 153 Å². The zero-order valence-electron chi connectivity index (χ0n) is 11.8. The Hall–Kier alpha value is -1.26. The first-order valence-electron chi connectivity index (χ1n) is 6.45. The van der Waals surface area contributed by atoms with Gasteiger partial charge in [-0.3, -0.25) is 4.79 Å². The Balaban J connectivity index is 2.20. The summed E-state index contributed by atoms with van der Waals surface area (Å²) in [5.74, 6) is -1.22. The quantitative estimate of drug-likeness (QED) is 0.379. The molecule has 0 N–H and O–H groups in total. The van der Waals surface area contributed by atoms with Gasteiger partial charge in [0.15, 0.2) is 6.10 Å². The van der Waals surface area contributed by atoms with Gasteiger partial charge in [-0.1, -0.05) is 58.5 Å². The molecule has 0 heterocycles. The van der Waals surface area contributed by atoms with Crippen LogP contribution in [0.3, 0.4) is 0 Å². The smallest absolute Gasteiger partial charge is 0.341 e. The minimum atomic E-state index is -1.04. The molecule has 120 valence electrons. The monoisotopic (exact) mass is 390 g/mol. The molecule has 0 bridgehead atoms. The van der Waals surface area contributed by atoms with E-state index >= 15 is 0 Å². The van der Waals surface area contributed by atoms with Crippen molar-refractivity contribution in [2.75, 3.05) is 0 Å². The molecular weight excluding hydrogens is 382 g/mol. The number of esters is 1. The van der Waals surface area contributed by atoms with Crippen molar-refractivity contribution in [2.45, 2.75) is 13.0 Å². The molecule has 0 radical (unpaired) electrons. The molecule has 1 atom stereocenters. The third kappa shape index (κ3) is 4.18. The molecule has 0 aliphatic carbocycles. The van der Waals surface area contributed by atoms with Gasteiger partial charge in [-0.15, -0.1) is 0 Å². The lowest BCUT2D eigenvalue weighted by Gasteiger charge is -2.14. The van der Waals surface area contributed by atoms with Gasteiger partial charge < -0.3 is 4.74 Å². The summed E-state index contributed by atoms with van der Waals surface area (Å²) < 4.78 is 5.15. The standard InChI is InChI=1S/C16H10Cl4O3/c1-8(15(21)9-3-2-4-10(17)7-9)23-16(22)13-11(18)5-6-12(19)14(13)20/h2-8H,1H3. The number of hydrogen-bond donors (Lipinski definition) is 0. The Morgan fingerprint density at radius 2 is 1.65 bits per heavy atom. The van der Waals surface area contributed by atoms with E-state index in [2.05, 4.69) is 0 Å². The van der Waals surface area contributed by atoms with Crippen LogP contribution in [-0.2, 0) is 4.74 Å². The normalized spacial score (nSPS) is 11.9. The number of rotatable bonds is 4. The molecule has 0 aliphatic heterocycles. The second kappa shape index (κ2) is 7.54. The fraction of sp³-hybridized carbons (Fsp3) is 0.125. The van der Waals surface area contributed by atoms with Crippen molar-refractivity contribution in [1.29, 1.82) is 0 Å². The van der Waals surface area contributed by atoms with Crippen LogP contribution in [0.25, 0.3) is 0 Å². The van der Waals surface area contributed by atoms with E-state index in [0.29, 0.717) is 10.6 Å². The van der Waals surface area contributed by atoms with Crippen LogP contribution in [0.2, 0.25) is 20.1 Å². The second-order valence-corrected chi connectivity index (χ2v) is 6.27. The van der Waals surface area contributed by atoms with Crippen LogP contribution in [0.4, 0.5) is 0 Å². The number of benzene rings is 2. The van der Waals surface area contributed by atoms with Crippen LogP contribution >= 0.6 is 46.4 Å². The Kier molecular flexibility index (Phi) is 5.93. The van der Waals surface area contributed by atoms with Crippen molar-refractivity contribution in [3.05, 3.63) is 67.6 Å². The van der Waals surface area contributed by atoms with Crippen LogP contribution in [0.1, 0.15) is 27.6 Å². The van der Waals surface area contributed by atoms with Crippen LogP contribution in [0.15, 0.2) is 36.4 Å². The van der Waals surface area contributed by atoms with Gasteiger partial charge in [-0.05, 0) is 31.2 Å². The van der Waals surface area contributed by atoms with Gasteiger partial charge in [0.2, 0.25) is 5.78 Å². The van der Waals surface area contributed by atoms with Crippen molar-refractivity contribution >= 4 is 58.2 Å². The van der Waals surface area contributed by atoms with Gasteiger partial charge in [0, 0.05) is 10.6 Å². The maximum atomic E-state index is 12.3. The Morgan fingerprint density at radius 3 is 2.30 bits per heavy atom. The van der Waals surface area contributed by atoms with Crippen molar-refractivity contribution in [1.82, 2.24) is 0 Å². The topological polar surface area (TPSA) is 43.4 Å². The number of ketones is 1. The lowest BCUT2D eigenvalue weighted by atomic mass is 10.1. The molecule has 1 unspecified atom stereocenters. The first-order valence-corrected chi connectivity index (χ1v) is 7.96. The number of hydrogen-bond acceptors (Lipinski definition) is 3. The van der Waals surface area contributed by atoms with E-state index in [9.17, 15) is 9.59 Å². The molecule has 2 rings (SSSR count). The number of carbonyl (C=O) groups is 2. The minimum Gasteiger partial charge on any atom is -0.451 e. The largest absolute Gasteiger partial charge is 0.451 e. The molecule has 2 aromatic carbocycles. The molecule has 0 saturated carbocycles. The van der Waals surface area contributed by atoms with Crippen molar-refractivity contribution in [2.24, 2.45) is 0 Å². The molecule has 7 heteroatoms. The number of ether oxygens (including phenoxy) is 1. The molecule has 0 spiro atoms. The van der Waals surface area contributed by atoms with Gasteiger partial charge in [0.25, 0.3) is 0 Å². The SMILES string of the molecule is CC(OC(=O)c1c(Cl)ccc(Cl)c1Cl)C(=O)c1cccc(Cl)c1. The van der Waals surface area contributed by atoms with E-state index in [0.717, 1.165) is 0 Å². The van der Waals surface area contributed by atoms with Crippen molar-refractivity contribution < 1.29 is 14.3 Å². The molecule has 0 saturated heterocycles. The van der Waals surface area contributed by atoms with E-state index in [1.54, 1.807) is 18.2 Å². The maximum absolute atomic E-state index is 12.3. The molecule has 0 fully saturated rings. The molecule has 0 aliphatic rings. The highest BCUT2D eigenvalue weighted by Gasteiger charge is 2.24. The minimum absolute atomic E-state index is 0.0217. The highest BCUT2D eigenvalue weighted by atomic mass is 35.5. The molecule has 3 nitrogen and oxygen atoms in total. The zero-order chi connectivity index (χ0) is 17.1. The molecule has 0 aromatic heterocycles. The summed E-state index contributed by atoms with van der Waals surface area (Å²) in [6.45, 7) is 1.45. The number of carbonyl (C=O) groups excluding carboxylic acids is 2. The number of Topliss-reactive ketones (excluding diaryl/α,β-unsaturated/α-hetero) is 1. The predicted molar refractivity (Wildman–Crippen MR) is 92.1 cm³/mol. The third-order valence-corrected chi connectivity index (χ3v) is 4.36. The summed E-state index contributed by atoms with van der Waals surface area (Å²) in [5, 5.41) is 0.644. The zero-order valence-corrected chi connectivity index (χ0v) is 14.8. The predicted octanol–water partition coefficient (Wildman–Crippen LogP) is 5.73.